The number of halogens is 2. The van der Waals surface area contributed by atoms with Crippen LogP contribution in [-0.4, -0.2) is 12.0 Å². The van der Waals surface area contributed by atoms with Gasteiger partial charge in [0.1, 0.15) is 21.8 Å². The second-order valence-electron chi connectivity index (χ2n) is 3.68. The van der Waals surface area contributed by atoms with Crippen LogP contribution in [-0.2, 0) is 0 Å². The number of rotatable bonds is 4. The lowest BCUT2D eigenvalue weighted by Gasteiger charge is -2.10. The minimum atomic E-state index is -0.617. The Morgan fingerprint density at radius 2 is 2.16 bits per heavy atom. The van der Waals surface area contributed by atoms with Crippen molar-refractivity contribution in [3.05, 3.63) is 56.2 Å². The molecule has 0 aliphatic rings. The van der Waals surface area contributed by atoms with Gasteiger partial charge in [-0.2, -0.15) is 0 Å². The van der Waals surface area contributed by atoms with Crippen LogP contribution in [0.3, 0.4) is 0 Å². The lowest BCUT2D eigenvalue weighted by atomic mass is 10.1. The number of alkyl halides is 1. The van der Waals surface area contributed by atoms with Gasteiger partial charge in [-0.05, 0) is 23.8 Å². The van der Waals surface area contributed by atoms with Gasteiger partial charge in [0.05, 0.1) is 13.2 Å². The Hall–Kier alpha value is -1.53. The number of benzene rings is 1. The summed E-state index contributed by atoms with van der Waals surface area (Å²) >= 11 is 9.64. The van der Waals surface area contributed by atoms with Crippen LogP contribution in [0.2, 0.25) is 0 Å². The van der Waals surface area contributed by atoms with Crippen LogP contribution in [0.4, 0.5) is 5.88 Å². The maximum atomic E-state index is 10.6. The average Bonchev–Trinajstić information content (AvgIpc) is 2.87. The van der Waals surface area contributed by atoms with Gasteiger partial charge in [-0.15, -0.1) is 11.6 Å². The van der Waals surface area contributed by atoms with Gasteiger partial charge in [0, 0.05) is 4.47 Å². The molecule has 1 atom stereocenters. The van der Waals surface area contributed by atoms with Gasteiger partial charge in [-0.3, -0.25) is 10.1 Å². The maximum Gasteiger partial charge on any atom is 0.433 e. The Labute approximate surface area is 122 Å². The molecule has 7 heteroatoms. The highest BCUT2D eigenvalue weighted by atomic mass is 79.9. The summed E-state index contributed by atoms with van der Waals surface area (Å²) in [5.74, 6) is 0.675. The van der Waals surface area contributed by atoms with Crippen LogP contribution < -0.4 is 4.74 Å². The zero-order valence-electron chi connectivity index (χ0n) is 9.80. The standard InChI is InChI=1S/C12H9BrClNO4/c1-18-7-2-3-8(9(13)6-7)12(14)10-4-5-11(19-10)15(16)17/h2-6,12H,1H3. The van der Waals surface area contributed by atoms with Crippen molar-refractivity contribution in [2.45, 2.75) is 5.38 Å². The van der Waals surface area contributed by atoms with Crippen molar-refractivity contribution in [3.63, 3.8) is 0 Å². The Kier molecular flexibility index (Phi) is 4.11. The molecule has 0 radical (unpaired) electrons. The molecule has 1 heterocycles. The molecule has 2 aromatic rings. The van der Waals surface area contributed by atoms with E-state index < -0.39 is 10.3 Å². The first-order chi connectivity index (χ1) is 9.02. The first kappa shape index (κ1) is 13.9. The van der Waals surface area contributed by atoms with Crippen molar-refractivity contribution in [2.75, 3.05) is 7.11 Å². The molecule has 0 spiro atoms. The fourth-order valence-corrected chi connectivity index (χ4v) is 2.60. The van der Waals surface area contributed by atoms with E-state index in [1.807, 2.05) is 0 Å². The molecular formula is C12H9BrClNO4. The molecular weight excluding hydrogens is 337 g/mol. The first-order valence-corrected chi connectivity index (χ1v) is 6.47. The van der Waals surface area contributed by atoms with Crippen LogP contribution in [0.15, 0.2) is 39.2 Å². The van der Waals surface area contributed by atoms with Gasteiger partial charge in [-0.25, -0.2) is 0 Å². The summed E-state index contributed by atoms with van der Waals surface area (Å²) in [5.41, 5.74) is 0.742. The fourth-order valence-electron chi connectivity index (χ4n) is 1.57. The number of nitrogens with zero attached hydrogens (tertiary/aromatic N) is 1. The number of nitro groups is 1. The van der Waals surface area contributed by atoms with Gasteiger partial charge in [0.2, 0.25) is 0 Å². The van der Waals surface area contributed by atoms with Crippen LogP contribution in [0.5, 0.6) is 5.75 Å². The van der Waals surface area contributed by atoms with Gasteiger partial charge < -0.3 is 9.15 Å². The Morgan fingerprint density at radius 1 is 1.42 bits per heavy atom. The quantitative estimate of drug-likeness (QED) is 0.470. The summed E-state index contributed by atoms with van der Waals surface area (Å²) in [4.78, 5) is 9.97. The van der Waals surface area contributed by atoms with E-state index in [9.17, 15) is 10.1 Å². The molecule has 0 N–H and O–H groups in total. The highest BCUT2D eigenvalue weighted by Crippen LogP contribution is 2.37. The van der Waals surface area contributed by atoms with Crippen molar-refractivity contribution in [2.24, 2.45) is 0 Å². The normalized spacial score (nSPS) is 12.2. The molecule has 5 nitrogen and oxygen atoms in total. The summed E-state index contributed by atoms with van der Waals surface area (Å²) in [6, 6.07) is 8.07. The van der Waals surface area contributed by atoms with Gasteiger partial charge in [-0.1, -0.05) is 22.0 Å². The molecule has 100 valence electrons. The molecule has 0 aliphatic carbocycles. The minimum Gasteiger partial charge on any atom is -0.497 e. The first-order valence-electron chi connectivity index (χ1n) is 5.24. The maximum absolute atomic E-state index is 10.6. The van der Waals surface area contributed by atoms with Gasteiger partial charge >= 0.3 is 5.88 Å². The molecule has 0 fully saturated rings. The number of furan rings is 1. The number of ether oxygens (including phenoxy) is 1. The summed E-state index contributed by atoms with van der Waals surface area (Å²) in [7, 11) is 1.56. The van der Waals surface area contributed by atoms with E-state index in [1.54, 1.807) is 25.3 Å². The molecule has 2 rings (SSSR count). The van der Waals surface area contributed by atoms with Crippen LogP contribution >= 0.6 is 27.5 Å². The highest BCUT2D eigenvalue weighted by Gasteiger charge is 2.21. The smallest absolute Gasteiger partial charge is 0.433 e. The third-order valence-electron chi connectivity index (χ3n) is 2.52. The number of hydrogen-bond acceptors (Lipinski definition) is 4. The summed E-state index contributed by atoms with van der Waals surface area (Å²) in [6.07, 6.45) is 0. The SMILES string of the molecule is COc1ccc(C(Cl)c2ccc([N+](=O)[O-])o2)c(Br)c1. The van der Waals surface area contributed by atoms with Crippen molar-refractivity contribution in [3.8, 4) is 5.75 Å². The molecule has 0 saturated carbocycles. The molecule has 0 aliphatic heterocycles. The lowest BCUT2D eigenvalue weighted by molar-refractivity contribution is -0.402. The monoisotopic (exact) mass is 345 g/mol. The average molecular weight is 347 g/mol. The molecule has 1 unspecified atom stereocenters. The summed E-state index contributed by atoms with van der Waals surface area (Å²) < 4.78 is 10.9. The van der Waals surface area contributed by atoms with Crippen molar-refractivity contribution in [1.82, 2.24) is 0 Å². The summed E-state index contributed by atoms with van der Waals surface area (Å²) in [6.45, 7) is 0. The second-order valence-corrected chi connectivity index (χ2v) is 4.97. The molecule has 1 aromatic carbocycles. The lowest BCUT2D eigenvalue weighted by Crippen LogP contribution is -1.94. The number of methoxy groups -OCH3 is 1. The minimum absolute atomic E-state index is 0.319. The van der Waals surface area contributed by atoms with Gasteiger partial charge in [0.25, 0.3) is 0 Å². The van der Waals surface area contributed by atoms with E-state index in [4.69, 9.17) is 20.8 Å². The second kappa shape index (κ2) is 5.63. The highest BCUT2D eigenvalue weighted by molar-refractivity contribution is 9.10. The van der Waals surface area contributed by atoms with E-state index in [0.29, 0.717) is 11.5 Å². The predicted molar refractivity (Wildman–Crippen MR) is 73.8 cm³/mol. The molecule has 0 saturated heterocycles. The third kappa shape index (κ3) is 2.90. The Morgan fingerprint density at radius 3 is 2.68 bits per heavy atom. The van der Waals surface area contributed by atoms with E-state index in [1.165, 1.54) is 12.1 Å². The fraction of sp³-hybridized carbons (Fsp3) is 0.167. The van der Waals surface area contributed by atoms with Crippen molar-refractivity contribution >= 4 is 33.4 Å². The zero-order valence-corrected chi connectivity index (χ0v) is 12.1. The van der Waals surface area contributed by atoms with Crippen LogP contribution in [0.25, 0.3) is 0 Å². The predicted octanol–water partition coefficient (Wildman–Crippen LogP) is 4.29. The van der Waals surface area contributed by atoms with E-state index >= 15 is 0 Å². The molecule has 0 amide bonds. The van der Waals surface area contributed by atoms with Crippen LogP contribution in [0.1, 0.15) is 16.7 Å². The summed E-state index contributed by atoms with van der Waals surface area (Å²) in [5, 5.41) is 9.95. The Bertz CT molecular complexity index is 614. The largest absolute Gasteiger partial charge is 0.497 e. The van der Waals surface area contributed by atoms with Gasteiger partial charge in [0.15, 0.2) is 0 Å². The molecule has 19 heavy (non-hydrogen) atoms. The van der Waals surface area contributed by atoms with E-state index in [2.05, 4.69) is 15.9 Å². The van der Waals surface area contributed by atoms with E-state index in [0.717, 1.165) is 10.0 Å². The number of hydrogen-bond donors (Lipinski definition) is 0. The molecule has 1 aromatic heterocycles. The third-order valence-corrected chi connectivity index (χ3v) is 3.66. The van der Waals surface area contributed by atoms with Crippen molar-refractivity contribution < 1.29 is 14.1 Å². The van der Waals surface area contributed by atoms with Crippen molar-refractivity contribution in [1.29, 1.82) is 0 Å². The topological polar surface area (TPSA) is 65.5 Å². The van der Waals surface area contributed by atoms with Crippen LogP contribution in [0, 0.1) is 10.1 Å². The zero-order chi connectivity index (χ0) is 14.0. The van der Waals surface area contributed by atoms with E-state index in [-0.39, 0.29) is 5.88 Å². The molecule has 0 bridgehead atoms. The Balaban J connectivity index is 2.32.